The summed E-state index contributed by atoms with van der Waals surface area (Å²) < 4.78 is 56.7. The van der Waals surface area contributed by atoms with Crippen LogP contribution in [0.2, 0.25) is 0 Å². The molecule has 0 spiro atoms. The van der Waals surface area contributed by atoms with E-state index < -0.39 is 32.0 Å². The van der Waals surface area contributed by atoms with Crippen LogP contribution in [0, 0.1) is 35.5 Å². The Labute approximate surface area is 356 Å². The molecule has 4 aliphatic rings. The molecule has 0 heterocycles. The molecule has 0 saturated heterocycles. The van der Waals surface area contributed by atoms with Gasteiger partial charge in [0.1, 0.15) is 0 Å². The Hall–Kier alpha value is -2.14. The predicted octanol–water partition coefficient (Wildman–Crippen LogP) is 2.46. The van der Waals surface area contributed by atoms with Gasteiger partial charge in [-0.15, -0.1) is 0 Å². The molecule has 0 aliphatic heterocycles. The van der Waals surface area contributed by atoms with Crippen molar-refractivity contribution in [2.75, 3.05) is 0 Å². The van der Waals surface area contributed by atoms with Crippen LogP contribution in [0.25, 0.3) is 0 Å². The van der Waals surface area contributed by atoms with Crippen LogP contribution >= 0.6 is 0 Å². The molecule has 300 valence electrons. The van der Waals surface area contributed by atoms with Gasteiger partial charge in [0.25, 0.3) is 0 Å². The largest absolute Gasteiger partial charge is 2.00 e. The van der Waals surface area contributed by atoms with Gasteiger partial charge >= 0.3 is 37.7 Å². The molecule has 55 heavy (non-hydrogen) atoms. The molecule has 0 unspecified atom stereocenters. The first kappa shape index (κ1) is 49.0. The molecular weight excluding hydrogens is 773 g/mol. The van der Waals surface area contributed by atoms with Crippen molar-refractivity contribution >= 4 is 69.7 Å². The van der Waals surface area contributed by atoms with Gasteiger partial charge in [-0.05, 0) is 150 Å². The summed E-state index contributed by atoms with van der Waals surface area (Å²) in [6, 6.07) is 17.1. The Balaban J connectivity index is 0.000000360. The van der Waals surface area contributed by atoms with Gasteiger partial charge in [-0.1, -0.05) is 60.7 Å². The fourth-order valence-electron chi connectivity index (χ4n) is 9.03. The first-order valence-electron chi connectivity index (χ1n) is 18.8. The Kier molecular flexibility index (Phi) is 20.8. The molecule has 2 aromatic carbocycles. The average molecular weight is 829 g/mol. The van der Waals surface area contributed by atoms with Gasteiger partial charge in [-0.25, -0.2) is 26.3 Å². The Morgan fingerprint density at radius 2 is 0.927 bits per heavy atom. The summed E-state index contributed by atoms with van der Waals surface area (Å²) in [5.41, 5.74) is 0. The van der Waals surface area contributed by atoms with Crippen LogP contribution in [0.15, 0.2) is 94.8 Å². The van der Waals surface area contributed by atoms with E-state index in [9.17, 15) is 36.6 Å². The Morgan fingerprint density at radius 3 is 1.27 bits per heavy atom. The van der Waals surface area contributed by atoms with Crippen molar-refractivity contribution in [1.29, 1.82) is 0 Å². The molecule has 2 aromatic rings. The fraction of sp³-hybridized carbons (Fsp3) is 0.550. The van der Waals surface area contributed by atoms with Crippen LogP contribution in [-0.2, 0) is 29.6 Å². The number of allylic oxidation sites excluding steroid dienone is 4. The maximum atomic E-state index is 12.7. The third kappa shape index (κ3) is 14.0. The number of benzene rings is 2. The normalized spacial score (nSPS) is 26.5. The Morgan fingerprint density at radius 1 is 0.582 bits per heavy atom. The SMILES string of the molecule is O.O.O=C([O-])CCC/C=C\C[C@H]1[C@@H]2CC[C@@H](C2)[C@@H]1NS(=O)(=O)c1ccccc1.O=C([O-])CCCC=CC[C@H]1[C@@H]2CC[C@@H](C2)[C@@H]1NS(=O)(=O)c1ccccc1.[Ca+2]. The second-order valence-electron chi connectivity index (χ2n) is 14.9. The molecule has 8 atom stereocenters. The van der Waals surface area contributed by atoms with Crippen molar-refractivity contribution in [3.63, 3.8) is 0 Å². The molecule has 4 saturated carbocycles. The molecule has 4 fully saturated rings. The molecular formula is C40H56CaN2O10S2. The van der Waals surface area contributed by atoms with Crippen molar-refractivity contribution in [1.82, 2.24) is 9.44 Å². The summed E-state index contributed by atoms with van der Waals surface area (Å²) in [5, 5.41) is 20.8. The maximum Gasteiger partial charge on any atom is 2.00 e. The van der Waals surface area contributed by atoms with Gasteiger partial charge in [0, 0.05) is 24.0 Å². The van der Waals surface area contributed by atoms with Crippen LogP contribution < -0.4 is 19.7 Å². The van der Waals surface area contributed by atoms with Crippen molar-refractivity contribution < 1.29 is 47.6 Å². The summed E-state index contributed by atoms with van der Waals surface area (Å²) in [7, 11) is -6.99. The summed E-state index contributed by atoms with van der Waals surface area (Å²) in [5.74, 6) is 0.635. The number of aliphatic carboxylic acids is 2. The quantitative estimate of drug-likeness (QED) is 0.128. The van der Waals surface area contributed by atoms with Gasteiger partial charge in [0.15, 0.2) is 0 Å². The number of carbonyl (C=O) groups is 2. The number of rotatable bonds is 18. The molecule has 6 rings (SSSR count). The van der Waals surface area contributed by atoms with Gasteiger partial charge in [0.2, 0.25) is 20.0 Å². The van der Waals surface area contributed by atoms with Crippen molar-refractivity contribution in [3.05, 3.63) is 85.0 Å². The average Bonchev–Trinajstić information content (AvgIpc) is 3.92. The first-order valence-corrected chi connectivity index (χ1v) is 21.8. The molecule has 0 amide bonds. The third-order valence-corrected chi connectivity index (χ3v) is 14.5. The van der Waals surface area contributed by atoms with Gasteiger partial charge < -0.3 is 30.8 Å². The number of hydrogen-bond acceptors (Lipinski definition) is 8. The third-order valence-electron chi connectivity index (χ3n) is 11.5. The predicted molar refractivity (Wildman–Crippen MR) is 208 cm³/mol. The van der Waals surface area contributed by atoms with E-state index in [1.54, 1.807) is 48.5 Å². The summed E-state index contributed by atoms with van der Waals surface area (Å²) in [4.78, 5) is 21.5. The molecule has 4 bridgehead atoms. The second kappa shape index (κ2) is 23.3. The van der Waals surface area contributed by atoms with Crippen molar-refractivity contribution in [2.45, 2.75) is 112 Å². The number of nitrogens with one attached hydrogen (secondary N) is 2. The van der Waals surface area contributed by atoms with E-state index in [0.717, 1.165) is 51.4 Å². The standard InChI is InChI=1S/2C20H27NO4S.Ca.2H2O/c2*22-19(23)11-7-2-1-6-10-18-15-12-13-16(14-15)20(18)21-26(24,25)17-8-4-3-5-9-17;;;/h2*1,3-6,8-9,15-16,18,20-21H,2,7,10-14H2,(H,22,23);;2*1H2/q;;+2;;/p-2/b6-1-;;;;/t2*15-,16+,18+,20+;;;/m11.../s1. The van der Waals surface area contributed by atoms with Crippen LogP contribution in [0.4, 0.5) is 0 Å². The second-order valence-corrected chi connectivity index (χ2v) is 18.3. The van der Waals surface area contributed by atoms with Gasteiger partial charge in [-0.3, -0.25) is 0 Å². The van der Waals surface area contributed by atoms with Crippen LogP contribution in [0.5, 0.6) is 0 Å². The molecule has 0 radical (unpaired) electrons. The molecule has 15 heteroatoms. The van der Waals surface area contributed by atoms with Crippen molar-refractivity contribution in [2.24, 2.45) is 35.5 Å². The van der Waals surface area contributed by atoms with Crippen molar-refractivity contribution in [3.8, 4) is 0 Å². The van der Waals surface area contributed by atoms with E-state index >= 15 is 0 Å². The zero-order valence-corrected chi connectivity index (χ0v) is 35.2. The Bertz CT molecular complexity index is 1630. The number of unbranched alkanes of at least 4 members (excludes halogenated alkanes) is 2. The fourth-order valence-corrected chi connectivity index (χ4v) is 11.8. The van der Waals surface area contributed by atoms with E-state index in [1.807, 2.05) is 24.3 Å². The molecule has 4 aliphatic carbocycles. The summed E-state index contributed by atoms with van der Waals surface area (Å²) >= 11 is 0. The van der Waals surface area contributed by atoms with E-state index in [2.05, 4.69) is 21.6 Å². The number of hydrogen-bond donors (Lipinski definition) is 2. The molecule has 0 aromatic heterocycles. The maximum absolute atomic E-state index is 12.7. The smallest absolute Gasteiger partial charge is 0.550 e. The minimum absolute atomic E-state index is 0. The van der Waals surface area contributed by atoms with Gasteiger partial charge in [0.05, 0.1) is 9.79 Å². The number of fused-ring (bicyclic) bond motifs is 4. The summed E-state index contributed by atoms with van der Waals surface area (Å²) in [6.45, 7) is 0. The molecule has 12 nitrogen and oxygen atoms in total. The topological polar surface area (TPSA) is 236 Å². The number of carboxylic acid groups (broad SMARTS) is 2. The number of sulfonamides is 2. The number of carboxylic acids is 2. The minimum Gasteiger partial charge on any atom is -0.550 e. The number of carbonyl (C=O) groups excluding carboxylic acids is 2. The van der Waals surface area contributed by atoms with Crippen LogP contribution in [0.3, 0.4) is 0 Å². The van der Waals surface area contributed by atoms with E-state index in [-0.39, 0.29) is 73.6 Å². The molecule has 6 N–H and O–H groups in total. The van der Waals surface area contributed by atoms with Crippen LogP contribution in [-0.4, -0.2) is 89.5 Å². The van der Waals surface area contributed by atoms with Gasteiger partial charge in [-0.2, -0.15) is 0 Å². The summed E-state index contributed by atoms with van der Waals surface area (Å²) in [6.07, 6.45) is 19.4. The monoisotopic (exact) mass is 828 g/mol. The first-order chi connectivity index (χ1) is 24.9. The minimum atomic E-state index is -3.49. The van der Waals surface area contributed by atoms with Crippen LogP contribution in [0.1, 0.15) is 89.9 Å². The van der Waals surface area contributed by atoms with E-state index in [1.165, 1.54) is 12.8 Å². The van der Waals surface area contributed by atoms with E-state index in [4.69, 9.17) is 0 Å². The zero-order valence-electron chi connectivity index (χ0n) is 31.4. The zero-order chi connectivity index (χ0) is 37.1. The van der Waals surface area contributed by atoms with E-state index in [0.29, 0.717) is 58.1 Å².